The van der Waals surface area contributed by atoms with Gasteiger partial charge >= 0.3 is 0 Å². The van der Waals surface area contributed by atoms with E-state index in [1.165, 1.54) is 17.0 Å². The number of allylic oxidation sites excluding steroid dienone is 1. The van der Waals surface area contributed by atoms with Crippen LogP contribution in [-0.4, -0.2) is 4.57 Å². The second-order valence-electron chi connectivity index (χ2n) is 3.43. The Kier molecular flexibility index (Phi) is 3.35. The summed E-state index contributed by atoms with van der Waals surface area (Å²) >= 11 is 0. The molecule has 1 aromatic heterocycles. The summed E-state index contributed by atoms with van der Waals surface area (Å²) in [7, 11) is 2.14. The molecular weight excluding hydrogens is 158 g/mol. The van der Waals surface area contributed by atoms with Crippen molar-refractivity contribution in [2.45, 2.75) is 33.6 Å². The third-order valence-electron chi connectivity index (χ3n) is 2.45. The molecule has 0 saturated heterocycles. The lowest BCUT2D eigenvalue weighted by Crippen LogP contribution is -1.96. The summed E-state index contributed by atoms with van der Waals surface area (Å²) in [5, 5.41) is 0. The van der Waals surface area contributed by atoms with Crippen molar-refractivity contribution in [3.63, 3.8) is 0 Å². The average Bonchev–Trinajstić information content (AvgIpc) is 2.39. The van der Waals surface area contributed by atoms with Gasteiger partial charge in [-0.2, -0.15) is 0 Å². The first-order valence-corrected chi connectivity index (χ1v) is 5.02. The van der Waals surface area contributed by atoms with Gasteiger partial charge in [0, 0.05) is 18.4 Å². The van der Waals surface area contributed by atoms with Crippen LogP contribution in [0.4, 0.5) is 0 Å². The zero-order valence-electron chi connectivity index (χ0n) is 9.09. The molecule has 1 heteroatoms. The van der Waals surface area contributed by atoms with Crippen molar-refractivity contribution in [1.29, 1.82) is 0 Å². The molecule has 0 aromatic carbocycles. The summed E-state index contributed by atoms with van der Waals surface area (Å²) < 4.78 is 2.28. The molecule has 0 bridgehead atoms. The third-order valence-corrected chi connectivity index (χ3v) is 2.45. The predicted molar refractivity (Wildman–Crippen MR) is 58.9 cm³/mol. The van der Waals surface area contributed by atoms with Crippen molar-refractivity contribution in [3.05, 3.63) is 29.1 Å². The van der Waals surface area contributed by atoms with Gasteiger partial charge < -0.3 is 4.57 Å². The highest BCUT2D eigenvalue weighted by Gasteiger charge is 2.04. The maximum Gasteiger partial charge on any atom is 0.0432 e. The summed E-state index contributed by atoms with van der Waals surface area (Å²) in [5.41, 5.74) is 4.14. The maximum absolute atomic E-state index is 2.28. The molecular formula is C12H19N. The Hall–Kier alpha value is -0.980. The van der Waals surface area contributed by atoms with Crippen molar-refractivity contribution in [2.24, 2.45) is 7.05 Å². The van der Waals surface area contributed by atoms with Crippen LogP contribution in [0.1, 0.15) is 37.2 Å². The Balaban J connectivity index is 3.05. The summed E-state index contributed by atoms with van der Waals surface area (Å²) in [4.78, 5) is 0. The van der Waals surface area contributed by atoms with Gasteiger partial charge in [0.15, 0.2) is 0 Å². The standard InChI is InChI=1S/C12H19N/c1-5-7-8-12-10(3)9-11(6-2)13(12)4/h7-9H,5-6H2,1-4H3/b8-7-. The lowest BCUT2D eigenvalue weighted by atomic mass is 10.2. The van der Waals surface area contributed by atoms with E-state index in [4.69, 9.17) is 0 Å². The molecule has 13 heavy (non-hydrogen) atoms. The summed E-state index contributed by atoms with van der Waals surface area (Å²) in [6.45, 7) is 6.53. The van der Waals surface area contributed by atoms with E-state index in [0.29, 0.717) is 0 Å². The molecule has 72 valence electrons. The summed E-state index contributed by atoms with van der Waals surface area (Å²) in [6.07, 6.45) is 6.64. The quantitative estimate of drug-likeness (QED) is 0.667. The molecule has 0 spiro atoms. The van der Waals surface area contributed by atoms with E-state index in [1.54, 1.807) is 0 Å². The number of nitrogens with zero attached hydrogens (tertiary/aromatic N) is 1. The topological polar surface area (TPSA) is 4.93 Å². The van der Waals surface area contributed by atoms with Gasteiger partial charge in [0.1, 0.15) is 0 Å². The number of aromatic nitrogens is 1. The molecule has 1 heterocycles. The molecule has 1 rings (SSSR count). The van der Waals surface area contributed by atoms with Crippen molar-refractivity contribution in [3.8, 4) is 0 Å². The van der Waals surface area contributed by atoms with Crippen LogP contribution in [0.25, 0.3) is 6.08 Å². The van der Waals surface area contributed by atoms with Crippen molar-refractivity contribution in [2.75, 3.05) is 0 Å². The minimum Gasteiger partial charge on any atom is -0.348 e. The molecule has 0 amide bonds. The van der Waals surface area contributed by atoms with Crippen molar-refractivity contribution < 1.29 is 0 Å². The Morgan fingerprint density at radius 1 is 1.38 bits per heavy atom. The number of hydrogen-bond acceptors (Lipinski definition) is 0. The fraction of sp³-hybridized carbons (Fsp3) is 0.500. The highest BCUT2D eigenvalue weighted by molar-refractivity contribution is 5.51. The molecule has 1 nitrogen and oxygen atoms in total. The van der Waals surface area contributed by atoms with Gasteiger partial charge in [-0.05, 0) is 37.5 Å². The molecule has 0 N–H and O–H groups in total. The Labute approximate surface area is 81.1 Å². The molecule has 0 unspecified atom stereocenters. The molecule has 0 saturated carbocycles. The smallest absolute Gasteiger partial charge is 0.0432 e. The van der Waals surface area contributed by atoms with Crippen molar-refractivity contribution >= 4 is 6.08 Å². The van der Waals surface area contributed by atoms with Gasteiger partial charge in [-0.1, -0.05) is 19.9 Å². The second-order valence-corrected chi connectivity index (χ2v) is 3.43. The number of aryl methyl sites for hydroxylation is 2. The van der Waals surface area contributed by atoms with E-state index in [-0.39, 0.29) is 0 Å². The minimum absolute atomic E-state index is 1.10. The van der Waals surface area contributed by atoms with E-state index in [2.05, 4.69) is 50.6 Å². The maximum atomic E-state index is 2.28. The van der Waals surface area contributed by atoms with Crippen LogP contribution < -0.4 is 0 Å². The van der Waals surface area contributed by atoms with Crippen LogP contribution in [0.5, 0.6) is 0 Å². The monoisotopic (exact) mass is 177 g/mol. The van der Waals surface area contributed by atoms with Crippen LogP contribution in [0.2, 0.25) is 0 Å². The summed E-state index contributed by atoms with van der Waals surface area (Å²) in [5.74, 6) is 0. The second kappa shape index (κ2) is 4.31. The molecule has 0 aliphatic heterocycles. The average molecular weight is 177 g/mol. The largest absolute Gasteiger partial charge is 0.348 e. The van der Waals surface area contributed by atoms with E-state index < -0.39 is 0 Å². The van der Waals surface area contributed by atoms with Crippen LogP contribution in [0, 0.1) is 6.92 Å². The lowest BCUT2D eigenvalue weighted by molar-refractivity contribution is 0.828. The van der Waals surface area contributed by atoms with Crippen LogP contribution in [0.15, 0.2) is 12.1 Å². The Morgan fingerprint density at radius 2 is 2.08 bits per heavy atom. The van der Waals surface area contributed by atoms with Gasteiger partial charge in [0.05, 0.1) is 0 Å². The molecule has 0 radical (unpaired) electrons. The first-order valence-electron chi connectivity index (χ1n) is 5.02. The van der Waals surface area contributed by atoms with E-state index in [1.807, 2.05) is 0 Å². The zero-order chi connectivity index (χ0) is 9.84. The number of rotatable bonds is 3. The molecule has 0 atom stereocenters. The van der Waals surface area contributed by atoms with E-state index in [0.717, 1.165) is 12.8 Å². The SMILES string of the molecule is CC/C=C\c1c(C)cc(CC)n1C. The fourth-order valence-electron chi connectivity index (χ4n) is 1.65. The Morgan fingerprint density at radius 3 is 2.54 bits per heavy atom. The van der Waals surface area contributed by atoms with Crippen LogP contribution in [-0.2, 0) is 13.5 Å². The van der Waals surface area contributed by atoms with E-state index >= 15 is 0 Å². The zero-order valence-corrected chi connectivity index (χ0v) is 9.09. The van der Waals surface area contributed by atoms with Crippen molar-refractivity contribution in [1.82, 2.24) is 4.57 Å². The van der Waals surface area contributed by atoms with Gasteiger partial charge in [-0.25, -0.2) is 0 Å². The molecule has 1 aromatic rings. The van der Waals surface area contributed by atoms with Crippen LogP contribution in [0.3, 0.4) is 0 Å². The highest BCUT2D eigenvalue weighted by atomic mass is 15.0. The first kappa shape index (κ1) is 10.1. The lowest BCUT2D eigenvalue weighted by Gasteiger charge is -2.02. The third kappa shape index (κ3) is 2.03. The normalized spacial score (nSPS) is 11.4. The van der Waals surface area contributed by atoms with Crippen LogP contribution >= 0.6 is 0 Å². The number of hydrogen-bond donors (Lipinski definition) is 0. The summed E-state index contributed by atoms with van der Waals surface area (Å²) in [6, 6.07) is 2.27. The van der Waals surface area contributed by atoms with Gasteiger partial charge in [-0.3, -0.25) is 0 Å². The molecule has 0 fully saturated rings. The van der Waals surface area contributed by atoms with Gasteiger partial charge in [-0.15, -0.1) is 0 Å². The minimum atomic E-state index is 1.10. The van der Waals surface area contributed by atoms with E-state index in [9.17, 15) is 0 Å². The van der Waals surface area contributed by atoms with Gasteiger partial charge in [0.25, 0.3) is 0 Å². The first-order chi connectivity index (χ1) is 6.20. The molecule has 0 aliphatic carbocycles. The Bertz CT molecular complexity index is 305. The molecule has 0 aliphatic rings. The van der Waals surface area contributed by atoms with Gasteiger partial charge in [0.2, 0.25) is 0 Å². The predicted octanol–water partition coefficient (Wildman–Crippen LogP) is 3.32. The fourth-order valence-corrected chi connectivity index (χ4v) is 1.65. The highest BCUT2D eigenvalue weighted by Crippen LogP contribution is 2.16.